The van der Waals surface area contributed by atoms with Gasteiger partial charge in [-0.15, -0.1) is 0 Å². The topological polar surface area (TPSA) is 85.9 Å². The van der Waals surface area contributed by atoms with E-state index >= 15 is 0 Å². The first-order chi connectivity index (χ1) is 16.6. The molecule has 0 saturated carbocycles. The molecule has 0 unspecified atom stereocenters. The predicted octanol–water partition coefficient (Wildman–Crippen LogP) is 1.77. The van der Waals surface area contributed by atoms with Crippen molar-refractivity contribution in [1.29, 1.82) is 0 Å². The van der Waals surface area contributed by atoms with E-state index in [1.165, 1.54) is 0 Å². The summed E-state index contributed by atoms with van der Waals surface area (Å²) in [6, 6.07) is 11.6. The Balaban J connectivity index is 1.40. The number of amides is 3. The average molecular weight is 460 g/mol. The molecule has 1 aromatic carbocycles. The monoisotopic (exact) mass is 459 g/mol. The van der Waals surface area contributed by atoms with Crippen molar-refractivity contribution >= 4 is 23.4 Å². The molecule has 1 spiro atoms. The van der Waals surface area contributed by atoms with Gasteiger partial charge in [0.25, 0.3) is 11.8 Å². The number of anilines is 1. The Kier molecular flexibility index (Phi) is 5.13. The highest BCUT2D eigenvalue weighted by molar-refractivity contribution is 6.11. The summed E-state index contributed by atoms with van der Waals surface area (Å²) in [5.74, 6) is -0.550. The number of hydrogen-bond acceptors (Lipinski definition) is 5. The van der Waals surface area contributed by atoms with E-state index < -0.39 is 11.5 Å². The van der Waals surface area contributed by atoms with Crippen LogP contribution in [0.2, 0.25) is 0 Å². The molecule has 3 fully saturated rings. The largest absolute Gasteiger partial charge is 0.356 e. The number of benzene rings is 1. The van der Waals surface area contributed by atoms with Crippen LogP contribution in [0.4, 0.5) is 5.69 Å². The van der Waals surface area contributed by atoms with Gasteiger partial charge in [-0.25, -0.2) is 0 Å². The molecule has 6 rings (SSSR count). The zero-order valence-electron chi connectivity index (χ0n) is 19.2. The highest BCUT2D eigenvalue weighted by atomic mass is 16.2. The maximum atomic E-state index is 14.3. The van der Waals surface area contributed by atoms with Crippen molar-refractivity contribution < 1.29 is 14.4 Å². The Labute approximate surface area is 198 Å². The zero-order chi connectivity index (χ0) is 23.3. The Hall–Kier alpha value is -3.26. The van der Waals surface area contributed by atoms with Gasteiger partial charge in [0.2, 0.25) is 5.91 Å². The van der Waals surface area contributed by atoms with Crippen molar-refractivity contribution in [2.45, 2.75) is 37.3 Å². The summed E-state index contributed by atoms with van der Waals surface area (Å²) in [4.78, 5) is 51.0. The standard InChI is InChI=1S/C26H29N5O3/c32-23-21-17-19-5-3-14-31(19)26(21)20-6-1-2-7-22(20)30(25(26)34)16-15-29(13-4-10-28-23)24(33)18-8-11-27-12-9-18/h1-2,6-9,11-12,19,21H,3-5,10,13-17H2,(H,28,32)/t19-,21-,26+/m0/s1. The van der Waals surface area contributed by atoms with Crippen molar-refractivity contribution in [2.75, 3.05) is 37.6 Å². The molecule has 8 heteroatoms. The fraction of sp³-hybridized carbons (Fsp3) is 0.462. The normalized spacial score (nSPS) is 29.1. The van der Waals surface area contributed by atoms with Gasteiger partial charge in [-0.05, 0) is 50.4 Å². The molecular weight excluding hydrogens is 430 g/mol. The molecule has 2 bridgehead atoms. The number of carbonyl (C=O) groups is 3. The van der Waals surface area contributed by atoms with Gasteiger partial charge in [0.1, 0.15) is 5.54 Å². The summed E-state index contributed by atoms with van der Waals surface area (Å²) in [6.07, 6.45) is 6.67. The molecule has 0 aliphatic carbocycles. The summed E-state index contributed by atoms with van der Waals surface area (Å²) < 4.78 is 0. The van der Waals surface area contributed by atoms with Crippen molar-refractivity contribution in [2.24, 2.45) is 5.92 Å². The number of hydrogen-bond donors (Lipinski definition) is 1. The minimum Gasteiger partial charge on any atom is -0.356 e. The molecule has 4 aliphatic rings. The lowest BCUT2D eigenvalue weighted by atomic mass is 9.78. The highest BCUT2D eigenvalue weighted by Crippen LogP contribution is 2.56. The van der Waals surface area contributed by atoms with Crippen LogP contribution in [0.25, 0.3) is 0 Å². The van der Waals surface area contributed by atoms with Gasteiger partial charge in [0.15, 0.2) is 0 Å². The van der Waals surface area contributed by atoms with Crippen LogP contribution >= 0.6 is 0 Å². The van der Waals surface area contributed by atoms with Crippen LogP contribution in [-0.2, 0) is 15.1 Å². The number of aromatic nitrogens is 1. The van der Waals surface area contributed by atoms with Crippen molar-refractivity contribution in [3.05, 3.63) is 59.9 Å². The number of rotatable bonds is 1. The molecule has 2 aromatic rings. The third kappa shape index (κ3) is 3.01. The summed E-state index contributed by atoms with van der Waals surface area (Å²) in [6.45, 7) is 2.65. The second kappa shape index (κ2) is 8.20. The zero-order valence-corrected chi connectivity index (χ0v) is 19.2. The minimum atomic E-state index is -0.943. The van der Waals surface area contributed by atoms with E-state index in [1.807, 2.05) is 29.2 Å². The summed E-state index contributed by atoms with van der Waals surface area (Å²) >= 11 is 0. The van der Waals surface area contributed by atoms with Gasteiger partial charge in [0.05, 0.1) is 5.92 Å². The Bertz CT molecular complexity index is 1140. The van der Waals surface area contributed by atoms with Gasteiger partial charge in [0, 0.05) is 61.4 Å². The second-order valence-electron chi connectivity index (χ2n) is 9.69. The second-order valence-corrected chi connectivity index (χ2v) is 9.69. The van der Waals surface area contributed by atoms with Crippen LogP contribution < -0.4 is 10.2 Å². The van der Waals surface area contributed by atoms with Crippen molar-refractivity contribution in [1.82, 2.24) is 20.1 Å². The maximum Gasteiger partial charge on any atom is 0.254 e. The number of nitrogens with zero attached hydrogens (tertiary/aromatic N) is 4. The fourth-order valence-corrected chi connectivity index (χ4v) is 6.60. The van der Waals surface area contributed by atoms with E-state index in [0.29, 0.717) is 44.6 Å². The molecule has 34 heavy (non-hydrogen) atoms. The molecule has 3 amide bonds. The van der Waals surface area contributed by atoms with Crippen molar-refractivity contribution in [3.8, 4) is 0 Å². The van der Waals surface area contributed by atoms with E-state index in [4.69, 9.17) is 0 Å². The third-order valence-electron chi connectivity index (χ3n) is 8.05. The molecule has 176 valence electrons. The van der Waals surface area contributed by atoms with E-state index in [-0.39, 0.29) is 23.8 Å². The lowest BCUT2D eigenvalue weighted by Crippen LogP contribution is -2.57. The third-order valence-corrected chi connectivity index (χ3v) is 8.05. The lowest BCUT2D eigenvalue weighted by Gasteiger charge is -2.38. The number of pyridine rings is 1. The summed E-state index contributed by atoms with van der Waals surface area (Å²) in [5.41, 5.74) is 1.44. The van der Waals surface area contributed by atoms with Gasteiger partial charge >= 0.3 is 0 Å². The van der Waals surface area contributed by atoms with E-state index in [0.717, 1.165) is 30.6 Å². The van der Waals surface area contributed by atoms with Crippen LogP contribution in [0.15, 0.2) is 48.8 Å². The molecule has 1 aromatic heterocycles. The molecule has 4 aliphatic heterocycles. The quantitative estimate of drug-likeness (QED) is 0.703. The van der Waals surface area contributed by atoms with E-state index in [2.05, 4.69) is 15.2 Å². The van der Waals surface area contributed by atoms with Gasteiger partial charge < -0.3 is 15.1 Å². The maximum absolute atomic E-state index is 14.3. The molecule has 0 radical (unpaired) electrons. The average Bonchev–Trinajstić information content (AvgIpc) is 3.52. The Morgan fingerprint density at radius 1 is 1.00 bits per heavy atom. The Morgan fingerprint density at radius 3 is 2.68 bits per heavy atom. The number of para-hydroxylation sites is 1. The molecular formula is C26H29N5O3. The Morgan fingerprint density at radius 2 is 1.82 bits per heavy atom. The van der Waals surface area contributed by atoms with Crippen LogP contribution in [0.5, 0.6) is 0 Å². The fourth-order valence-electron chi connectivity index (χ4n) is 6.60. The van der Waals surface area contributed by atoms with E-state index in [9.17, 15) is 14.4 Å². The molecule has 8 nitrogen and oxygen atoms in total. The summed E-state index contributed by atoms with van der Waals surface area (Å²) in [5, 5.41) is 3.11. The van der Waals surface area contributed by atoms with Gasteiger partial charge in [-0.2, -0.15) is 0 Å². The predicted molar refractivity (Wildman–Crippen MR) is 126 cm³/mol. The SMILES string of the molecule is O=C1NCCCN(C(=O)c2ccncc2)CCN2C(=O)[C@@]3(c4ccccc42)[C@H]1C[C@@H]1CCCN13. The van der Waals surface area contributed by atoms with Crippen LogP contribution in [-0.4, -0.2) is 71.3 Å². The molecule has 5 heterocycles. The lowest BCUT2D eigenvalue weighted by molar-refractivity contribution is -0.139. The number of fused-ring (bicyclic) bond motifs is 4. The number of nitrogens with one attached hydrogen (secondary N) is 1. The molecule has 3 atom stereocenters. The minimum absolute atomic E-state index is 0.0184. The van der Waals surface area contributed by atoms with Gasteiger partial charge in [-0.1, -0.05) is 18.2 Å². The summed E-state index contributed by atoms with van der Waals surface area (Å²) in [7, 11) is 0. The molecule has 1 N–H and O–H groups in total. The van der Waals surface area contributed by atoms with Crippen LogP contribution in [0.3, 0.4) is 0 Å². The number of carbonyl (C=O) groups excluding carboxylic acids is 3. The van der Waals surface area contributed by atoms with Crippen molar-refractivity contribution in [3.63, 3.8) is 0 Å². The molecule has 3 saturated heterocycles. The first-order valence-corrected chi connectivity index (χ1v) is 12.3. The van der Waals surface area contributed by atoms with Gasteiger partial charge in [-0.3, -0.25) is 24.3 Å². The highest BCUT2D eigenvalue weighted by Gasteiger charge is 2.67. The smallest absolute Gasteiger partial charge is 0.254 e. The van der Waals surface area contributed by atoms with Crippen LogP contribution in [0, 0.1) is 5.92 Å². The van der Waals surface area contributed by atoms with E-state index in [1.54, 1.807) is 29.4 Å². The van der Waals surface area contributed by atoms with Crippen LogP contribution in [0.1, 0.15) is 41.6 Å². The first kappa shape index (κ1) is 21.3. The first-order valence-electron chi connectivity index (χ1n) is 12.3.